The second-order valence-electron chi connectivity index (χ2n) is 18.4. The van der Waals surface area contributed by atoms with Crippen LogP contribution in [0.5, 0.6) is 0 Å². The van der Waals surface area contributed by atoms with Crippen LogP contribution in [0.15, 0.2) is 227 Å². The fraction of sp³-hybridized carbons (Fsp3) is 0. The average molecular weight is 865 g/mol. The van der Waals surface area contributed by atoms with Crippen LogP contribution in [0.1, 0.15) is 0 Å². The number of rotatable bonds is 4. The van der Waals surface area contributed by atoms with Gasteiger partial charge in [0.25, 0.3) is 0 Å². The topological polar surface area (TPSA) is 36.1 Å². The van der Waals surface area contributed by atoms with E-state index in [-0.39, 0.29) is 0 Å². The highest BCUT2D eigenvalue weighted by atomic mass is 16.3. The van der Waals surface area contributed by atoms with E-state index in [1.165, 1.54) is 71.2 Å². The third kappa shape index (κ3) is 4.87. The second-order valence-corrected chi connectivity index (χ2v) is 18.4. The molecule has 0 radical (unpaired) electrons. The van der Waals surface area contributed by atoms with Crippen molar-refractivity contribution in [2.24, 2.45) is 0 Å². The number of hydrogen-bond acceptors (Lipinski definition) is 2. The summed E-state index contributed by atoms with van der Waals surface area (Å²) in [6.45, 7) is 0. The molecule has 0 saturated carbocycles. The third-order valence-corrected chi connectivity index (χ3v) is 14.8. The minimum atomic E-state index is 0.878. The van der Waals surface area contributed by atoms with Crippen LogP contribution in [0, 0.1) is 0 Å². The molecular weight excluding hydrogens is 829 g/mol. The van der Waals surface area contributed by atoms with Gasteiger partial charge in [-0.15, -0.1) is 0 Å². The number of benzene rings is 11. The van der Waals surface area contributed by atoms with Gasteiger partial charge in [0.2, 0.25) is 0 Å². The van der Waals surface area contributed by atoms with Crippen LogP contribution in [-0.2, 0) is 0 Å². The van der Waals surface area contributed by atoms with E-state index in [0.29, 0.717) is 0 Å². The molecule has 314 valence electrons. The van der Waals surface area contributed by atoms with Gasteiger partial charge < -0.3 is 18.0 Å². The van der Waals surface area contributed by atoms with E-state index in [9.17, 15) is 0 Å². The Labute approximate surface area is 388 Å². The molecule has 0 fully saturated rings. The number of nitrogens with zero attached hydrogens (tertiary/aromatic N) is 2. The summed E-state index contributed by atoms with van der Waals surface area (Å²) >= 11 is 0. The van der Waals surface area contributed by atoms with Crippen molar-refractivity contribution >= 4 is 98.3 Å². The Morgan fingerprint density at radius 2 is 0.765 bits per heavy atom. The molecule has 0 N–H and O–H groups in total. The van der Waals surface area contributed by atoms with Gasteiger partial charge in [-0.3, -0.25) is 0 Å². The van der Waals surface area contributed by atoms with E-state index in [1.54, 1.807) is 0 Å². The molecule has 4 heteroatoms. The molecule has 4 heterocycles. The SMILES string of the molecule is c1ccc(-n2c3ccccc3c3cc4c(cc32)oc2ccc(-c3ccc5c(c3)c3cc6c(cc3n5-c3cccc(-c5ccc7c8c(cccc58)-c5ccccc5-7)c3)oc3ccccc36)cc24)cc1. The van der Waals surface area contributed by atoms with Crippen LogP contribution in [0.4, 0.5) is 0 Å². The minimum Gasteiger partial charge on any atom is -0.456 e. The molecule has 4 nitrogen and oxygen atoms in total. The van der Waals surface area contributed by atoms with Crippen molar-refractivity contribution in [2.45, 2.75) is 0 Å². The summed E-state index contributed by atoms with van der Waals surface area (Å²) in [5.74, 6) is 0. The van der Waals surface area contributed by atoms with Crippen molar-refractivity contribution < 1.29 is 8.83 Å². The van der Waals surface area contributed by atoms with Gasteiger partial charge in [-0.25, -0.2) is 0 Å². The Morgan fingerprint density at radius 3 is 1.59 bits per heavy atom. The molecule has 15 aromatic rings. The first-order valence-corrected chi connectivity index (χ1v) is 23.3. The Bertz CT molecular complexity index is 4640. The first kappa shape index (κ1) is 36.1. The van der Waals surface area contributed by atoms with E-state index in [0.717, 1.165) is 82.9 Å². The van der Waals surface area contributed by atoms with Crippen molar-refractivity contribution in [1.82, 2.24) is 9.13 Å². The zero-order valence-corrected chi connectivity index (χ0v) is 36.5. The molecule has 0 atom stereocenters. The molecule has 0 amide bonds. The maximum absolute atomic E-state index is 6.66. The Morgan fingerprint density at radius 1 is 0.235 bits per heavy atom. The number of para-hydroxylation sites is 3. The highest BCUT2D eigenvalue weighted by Gasteiger charge is 2.24. The van der Waals surface area contributed by atoms with Gasteiger partial charge in [0.1, 0.15) is 22.3 Å². The number of aromatic nitrogens is 2. The average Bonchev–Trinajstić information content (AvgIpc) is 4.19. The van der Waals surface area contributed by atoms with Crippen LogP contribution in [0.25, 0.3) is 154 Å². The Hall–Kier alpha value is -9.12. The first-order chi connectivity index (χ1) is 33.7. The number of furan rings is 2. The predicted octanol–water partition coefficient (Wildman–Crippen LogP) is 17.8. The normalized spacial score (nSPS) is 12.4. The summed E-state index contributed by atoms with van der Waals surface area (Å²) < 4.78 is 18.0. The summed E-state index contributed by atoms with van der Waals surface area (Å²) in [5, 5.41) is 11.9. The van der Waals surface area contributed by atoms with E-state index in [2.05, 4.69) is 221 Å². The summed E-state index contributed by atoms with van der Waals surface area (Å²) in [6, 6.07) is 79.6. The van der Waals surface area contributed by atoms with Crippen LogP contribution < -0.4 is 0 Å². The lowest BCUT2D eigenvalue weighted by molar-refractivity contribution is 0.669. The zero-order valence-electron chi connectivity index (χ0n) is 36.5. The monoisotopic (exact) mass is 864 g/mol. The fourth-order valence-corrected chi connectivity index (χ4v) is 11.8. The largest absolute Gasteiger partial charge is 0.456 e. The molecule has 0 spiro atoms. The molecule has 0 aliphatic heterocycles. The standard InChI is InChI=1S/C64H36N2O2/c1-2-13-40(14-3-1)65-56-22-8-6-18-45(56)51-33-55-53-32-38(25-29-61(53)68-63(55)35-58(51)65)37-24-28-57-50(31-37)52-34-54-46-19-7-9-23-60(46)67-62(54)36-59(52)66(57)41-15-10-12-39(30-41)42-26-27-49-44-17-5-4-16-43(44)48-21-11-20-47(42)64(48)49/h1-36H. The van der Waals surface area contributed by atoms with Gasteiger partial charge in [-0.05, 0) is 128 Å². The maximum atomic E-state index is 6.66. The number of fused-ring (bicyclic) bond motifs is 15. The summed E-state index contributed by atoms with van der Waals surface area (Å²) in [7, 11) is 0. The van der Waals surface area contributed by atoms with Gasteiger partial charge in [0, 0.05) is 66.6 Å². The first-order valence-electron chi connectivity index (χ1n) is 23.3. The van der Waals surface area contributed by atoms with E-state index in [4.69, 9.17) is 8.83 Å². The molecule has 1 aliphatic carbocycles. The van der Waals surface area contributed by atoms with Crippen LogP contribution >= 0.6 is 0 Å². The van der Waals surface area contributed by atoms with Gasteiger partial charge in [0.05, 0.1) is 22.1 Å². The summed E-state index contributed by atoms with van der Waals surface area (Å²) in [5.41, 5.74) is 20.2. The Kier molecular flexibility index (Phi) is 7.04. The quantitative estimate of drug-likeness (QED) is 0.177. The van der Waals surface area contributed by atoms with E-state index < -0.39 is 0 Å². The lowest BCUT2D eigenvalue weighted by Gasteiger charge is -2.13. The zero-order chi connectivity index (χ0) is 44.2. The van der Waals surface area contributed by atoms with Crippen molar-refractivity contribution in [2.75, 3.05) is 0 Å². The molecule has 0 saturated heterocycles. The fourth-order valence-electron chi connectivity index (χ4n) is 11.8. The molecule has 1 aliphatic rings. The summed E-state index contributed by atoms with van der Waals surface area (Å²) in [4.78, 5) is 0. The lowest BCUT2D eigenvalue weighted by Crippen LogP contribution is -1.94. The molecule has 0 bridgehead atoms. The van der Waals surface area contributed by atoms with Crippen molar-refractivity contribution in [3.05, 3.63) is 218 Å². The van der Waals surface area contributed by atoms with Gasteiger partial charge >= 0.3 is 0 Å². The smallest absolute Gasteiger partial charge is 0.137 e. The molecule has 16 rings (SSSR count). The molecule has 0 unspecified atom stereocenters. The van der Waals surface area contributed by atoms with E-state index in [1.807, 2.05) is 6.07 Å². The van der Waals surface area contributed by atoms with Crippen LogP contribution in [0.3, 0.4) is 0 Å². The predicted molar refractivity (Wildman–Crippen MR) is 282 cm³/mol. The van der Waals surface area contributed by atoms with Crippen molar-refractivity contribution in [1.29, 1.82) is 0 Å². The van der Waals surface area contributed by atoms with Crippen LogP contribution in [0.2, 0.25) is 0 Å². The van der Waals surface area contributed by atoms with Crippen LogP contribution in [-0.4, -0.2) is 9.13 Å². The highest BCUT2D eigenvalue weighted by molar-refractivity contribution is 6.21. The molecule has 4 aromatic heterocycles. The summed E-state index contributed by atoms with van der Waals surface area (Å²) in [6.07, 6.45) is 0. The van der Waals surface area contributed by atoms with Gasteiger partial charge in [0.15, 0.2) is 0 Å². The van der Waals surface area contributed by atoms with Crippen molar-refractivity contribution in [3.63, 3.8) is 0 Å². The van der Waals surface area contributed by atoms with Gasteiger partial charge in [-0.2, -0.15) is 0 Å². The third-order valence-electron chi connectivity index (χ3n) is 14.8. The lowest BCUT2D eigenvalue weighted by atomic mass is 9.94. The molecular formula is C64H36N2O2. The number of hydrogen-bond donors (Lipinski definition) is 0. The maximum Gasteiger partial charge on any atom is 0.137 e. The molecule has 68 heavy (non-hydrogen) atoms. The molecule has 11 aromatic carbocycles. The van der Waals surface area contributed by atoms with Crippen molar-refractivity contribution in [3.8, 4) is 55.9 Å². The highest BCUT2D eigenvalue weighted by Crippen LogP contribution is 2.50. The van der Waals surface area contributed by atoms with E-state index >= 15 is 0 Å². The van der Waals surface area contributed by atoms with Gasteiger partial charge in [-0.1, -0.05) is 133 Å². The second kappa shape index (κ2) is 13.3. The minimum absolute atomic E-state index is 0.878. The Balaban J connectivity index is 0.887.